The Morgan fingerprint density at radius 2 is 1.81 bits per heavy atom. The van der Waals surface area contributed by atoms with E-state index in [4.69, 9.17) is 0 Å². The molecule has 0 atom stereocenters. The van der Waals surface area contributed by atoms with E-state index in [9.17, 15) is 18.0 Å². The van der Waals surface area contributed by atoms with Crippen molar-refractivity contribution in [2.75, 3.05) is 32.7 Å². The predicted octanol–water partition coefficient (Wildman–Crippen LogP) is 3.67. The first-order valence-electron chi connectivity index (χ1n) is 8.74. The fourth-order valence-electron chi connectivity index (χ4n) is 3.43. The molecule has 0 saturated carbocycles. The highest BCUT2D eigenvalue weighted by Gasteiger charge is 2.39. The zero-order valence-electron chi connectivity index (χ0n) is 14.9. The molecule has 0 N–H and O–H groups in total. The predicted molar refractivity (Wildman–Crippen MR) is 93.9 cm³/mol. The SMILES string of the molecule is CC(C)CN1CCN(C(=O)c2cnc3ccccc3c2C(F)(F)F)CC1. The molecule has 7 heteroatoms. The Morgan fingerprint density at radius 3 is 2.42 bits per heavy atom. The van der Waals surface area contributed by atoms with Crippen molar-refractivity contribution in [1.82, 2.24) is 14.8 Å². The Bertz CT molecular complexity index is 796. The Hall–Kier alpha value is -2.15. The van der Waals surface area contributed by atoms with E-state index >= 15 is 0 Å². The van der Waals surface area contributed by atoms with Gasteiger partial charge in [0, 0.05) is 44.3 Å². The highest BCUT2D eigenvalue weighted by atomic mass is 19.4. The van der Waals surface area contributed by atoms with Crippen LogP contribution in [-0.2, 0) is 6.18 Å². The first-order valence-corrected chi connectivity index (χ1v) is 8.74. The molecule has 140 valence electrons. The van der Waals surface area contributed by atoms with E-state index in [-0.39, 0.29) is 16.5 Å². The van der Waals surface area contributed by atoms with Gasteiger partial charge in [0.2, 0.25) is 0 Å². The van der Waals surface area contributed by atoms with Crippen LogP contribution in [0.1, 0.15) is 29.8 Å². The number of amides is 1. The van der Waals surface area contributed by atoms with Gasteiger partial charge in [0.05, 0.1) is 16.6 Å². The summed E-state index contributed by atoms with van der Waals surface area (Å²) in [5.41, 5.74) is -1.02. The van der Waals surface area contributed by atoms with E-state index in [1.54, 1.807) is 6.07 Å². The number of alkyl halides is 3. The van der Waals surface area contributed by atoms with Crippen LogP contribution in [0.5, 0.6) is 0 Å². The van der Waals surface area contributed by atoms with Crippen molar-refractivity contribution < 1.29 is 18.0 Å². The van der Waals surface area contributed by atoms with Gasteiger partial charge in [0.1, 0.15) is 0 Å². The van der Waals surface area contributed by atoms with Crippen LogP contribution >= 0.6 is 0 Å². The van der Waals surface area contributed by atoms with E-state index in [0.29, 0.717) is 32.1 Å². The minimum absolute atomic E-state index is 0.0377. The average molecular weight is 365 g/mol. The van der Waals surface area contributed by atoms with E-state index in [0.717, 1.165) is 12.7 Å². The van der Waals surface area contributed by atoms with Crippen LogP contribution in [0.4, 0.5) is 13.2 Å². The van der Waals surface area contributed by atoms with E-state index in [1.807, 2.05) is 0 Å². The van der Waals surface area contributed by atoms with Gasteiger partial charge in [-0.25, -0.2) is 0 Å². The van der Waals surface area contributed by atoms with Gasteiger partial charge in [-0.1, -0.05) is 32.0 Å². The van der Waals surface area contributed by atoms with Crippen LogP contribution in [0.2, 0.25) is 0 Å². The average Bonchev–Trinajstić information content (AvgIpc) is 2.59. The number of pyridine rings is 1. The zero-order chi connectivity index (χ0) is 18.9. The lowest BCUT2D eigenvalue weighted by Crippen LogP contribution is -2.49. The maximum atomic E-state index is 13.7. The van der Waals surface area contributed by atoms with Crippen molar-refractivity contribution in [3.05, 3.63) is 41.6 Å². The Balaban J connectivity index is 1.90. The standard InChI is InChI=1S/C19H22F3N3O/c1-13(2)12-24-7-9-25(10-8-24)18(26)15-11-23-16-6-4-3-5-14(16)17(15)19(20,21)22/h3-6,11,13H,7-10,12H2,1-2H3. The van der Waals surface area contributed by atoms with Gasteiger partial charge in [-0.3, -0.25) is 14.7 Å². The molecule has 1 aromatic carbocycles. The number of carbonyl (C=O) groups excluding carboxylic acids is 1. The summed E-state index contributed by atoms with van der Waals surface area (Å²) in [5.74, 6) is -0.0847. The van der Waals surface area contributed by atoms with Crippen molar-refractivity contribution >= 4 is 16.8 Å². The van der Waals surface area contributed by atoms with Crippen LogP contribution in [0.25, 0.3) is 10.9 Å². The molecule has 3 rings (SSSR count). The number of rotatable bonds is 3. The van der Waals surface area contributed by atoms with Gasteiger partial charge < -0.3 is 4.90 Å². The molecule has 0 aliphatic carbocycles. The minimum Gasteiger partial charge on any atom is -0.336 e. The molecule has 0 unspecified atom stereocenters. The van der Waals surface area contributed by atoms with Crippen LogP contribution in [0, 0.1) is 5.92 Å². The molecular formula is C19H22F3N3O. The number of benzene rings is 1. The maximum absolute atomic E-state index is 13.7. The molecule has 4 nitrogen and oxygen atoms in total. The Labute approximate surface area is 150 Å². The molecule has 0 bridgehead atoms. The van der Waals surface area contributed by atoms with Gasteiger partial charge in [0.15, 0.2) is 0 Å². The lowest BCUT2D eigenvalue weighted by atomic mass is 10.0. The highest BCUT2D eigenvalue weighted by molar-refractivity contribution is 6.00. The first kappa shape index (κ1) is 18.6. The summed E-state index contributed by atoms with van der Waals surface area (Å²) in [6, 6.07) is 6.04. The number of nitrogens with zero attached hydrogens (tertiary/aromatic N) is 3. The molecule has 0 spiro atoms. The Morgan fingerprint density at radius 1 is 1.15 bits per heavy atom. The lowest BCUT2D eigenvalue weighted by molar-refractivity contribution is -0.136. The second-order valence-electron chi connectivity index (χ2n) is 7.05. The number of halogens is 3. The minimum atomic E-state index is -4.62. The van der Waals surface area contributed by atoms with Gasteiger partial charge in [-0.05, 0) is 12.0 Å². The molecule has 1 saturated heterocycles. The summed E-state index contributed by atoms with van der Waals surface area (Å²) in [7, 11) is 0. The fourth-order valence-corrected chi connectivity index (χ4v) is 3.43. The fraction of sp³-hybridized carbons (Fsp3) is 0.474. The molecule has 1 aromatic heterocycles. The topological polar surface area (TPSA) is 36.4 Å². The largest absolute Gasteiger partial charge is 0.417 e. The summed E-state index contributed by atoms with van der Waals surface area (Å²) in [6.45, 7) is 7.36. The second-order valence-corrected chi connectivity index (χ2v) is 7.05. The van der Waals surface area contributed by atoms with E-state index in [2.05, 4.69) is 23.7 Å². The van der Waals surface area contributed by atoms with Crippen molar-refractivity contribution in [3.8, 4) is 0 Å². The number of para-hydroxylation sites is 1. The third-order valence-corrected chi connectivity index (χ3v) is 4.57. The summed E-state index contributed by atoms with van der Waals surface area (Å²) in [4.78, 5) is 20.6. The second kappa shape index (κ2) is 7.23. The van der Waals surface area contributed by atoms with E-state index < -0.39 is 17.6 Å². The maximum Gasteiger partial charge on any atom is 0.417 e. The molecule has 1 fully saturated rings. The van der Waals surface area contributed by atoms with Crippen molar-refractivity contribution in [2.24, 2.45) is 5.92 Å². The molecule has 2 heterocycles. The number of aromatic nitrogens is 1. The zero-order valence-corrected chi connectivity index (χ0v) is 14.9. The molecule has 1 aliphatic rings. The molecule has 1 amide bonds. The molecule has 26 heavy (non-hydrogen) atoms. The molecule has 0 radical (unpaired) electrons. The van der Waals surface area contributed by atoms with Gasteiger partial charge in [-0.15, -0.1) is 0 Å². The normalized spacial score (nSPS) is 16.5. The van der Waals surface area contributed by atoms with E-state index in [1.165, 1.54) is 23.1 Å². The van der Waals surface area contributed by atoms with Gasteiger partial charge >= 0.3 is 6.18 Å². The summed E-state index contributed by atoms with van der Waals surface area (Å²) >= 11 is 0. The number of fused-ring (bicyclic) bond motifs is 1. The summed E-state index contributed by atoms with van der Waals surface area (Å²) in [6.07, 6.45) is -3.55. The molecular weight excluding hydrogens is 343 g/mol. The van der Waals surface area contributed by atoms with Crippen LogP contribution in [-0.4, -0.2) is 53.4 Å². The monoisotopic (exact) mass is 365 g/mol. The lowest BCUT2D eigenvalue weighted by Gasteiger charge is -2.35. The first-order chi connectivity index (χ1) is 12.3. The highest BCUT2D eigenvalue weighted by Crippen LogP contribution is 2.37. The smallest absolute Gasteiger partial charge is 0.336 e. The number of hydrogen-bond donors (Lipinski definition) is 0. The van der Waals surface area contributed by atoms with Crippen molar-refractivity contribution in [2.45, 2.75) is 20.0 Å². The quantitative estimate of drug-likeness (QED) is 0.833. The van der Waals surface area contributed by atoms with Crippen molar-refractivity contribution in [1.29, 1.82) is 0 Å². The number of carbonyl (C=O) groups is 1. The summed E-state index contributed by atoms with van der Waals surface area (Å²) < 4.78 is 41.1. The Kier molecular flexibility index (Phi) is 5.18. The number of hydrogen-bond acceptors (Lipinski definition) is 3. The molecule has 1 aliphatic heterocycles. The van der Waals surface area contributed by atoms with Crippen LogP contribution in [0.3, 0.4) is 0 Å². The van der Waals surface area contributed by atoms with Crippen LogP contribution < -0.4 is 0 Å². The molecule has 2 aromatic rings. The summed E-state index contributed by atoms with van der Waals surface area (Å²) in [5, 5.41) is -0.0377. The number of piperazine rings is 1. The third-order valence-electron chi connectivity index (χ3n) is 4.57. The van der Waals surface area contributed by atoms with Gasteiger partial charge in [-0.2, -0.15) is 13.2 Å². The third kappa shape index (κ3) is 3.82. The van der Waals surface area contributed by atoms with Crippen LogP contribution in [0.15, 0.2) is 30.5 Å². The van der Waals surface area contributed by atoms with Gasteiger partial charge in [0.25, 0.3) is 5.91 Å². The van der Waals surface area contributed by atoms with Crippen molar-refractivity contribution in [3.63, 3.8) is 0 Å².